The van der Waals surface area contributed by atoms with E-state index >= 15 is 0 Å². The van der Waals surface area contributed by atoms with Crippen molar-refractivity contribution in [3.05, 3.63) is 58.4 Å². The summed E-state index contributed by atoms with van der Waals surface area (Å²) in [6.07, 6.45) is 5.26. The number of nitrogens with zero attached hydrogens (tertiary/aromatic N) is 5. The number of imidazole rings is 1. The lowest BCUT2D eigenvalue weighted by Crippen LogP contribution is -2.04. The second kappa shape index (κ2) is 6.07. The Morgan fingerprint density at radius 3 is 2.80 bits per heavy atom. The van der Waals surface area contributed by atoms with Crippen molar-refractivity contribution in [2.75, 3.05) is 0 Å². The van der Waals surface area contributed by atoms with E-state index in [9.17, 15) is 4.39 Å². The maximum Gasteiger partial charge on any atom is 0.149 e. The third-order valence-electron chi connectivity index (χ3n) is 4.16. The maximum absolute atomic E-state index is 14.6. The zero-order chi connectivity index (χ0) is 17.6. The summed E-state index contributed by atoms with van der Waals surface area (Å²) < 4.78 is 18.2. The van der Waals surface area contributed by atoms with Crippen LogP contribution in [-0.4, -0.2) is 24.3 Å². The van der Waals surface area contributed by atoms with Gasteiger partial charge in [0.25, 0.3) is 0 Å². The molecule has 0 aliphatic heterocycles. The molecule has 3 heterocycles. The molecule has 0 spiro atoms. The van der Waals surface area contributed by atoms with E-state index in [1.54, 1.807) is 34.6 Å². The largest absolute Gasteiger partial charge is 0.306 e. The van der Waals surface area contributed by atoms with Gasteiger partial charge in [0.05, 0.1) is 35.0 Å². The molecule has 25 heavy (non-hydrogen) atoms. The number of thiazole rings is 1. The lowest BCUT2D eigenvalue weighted by Gasteiger charge is -2.07. The van der Waals surface area contributed by atoms with Gasteiger partial charge in [0.2, 0.25) is 0 Å². The maximum atomic E-state index is 14.6. The second-order valence-electron chi connectivity index (χ2n) is 6.33. The monoisotopic (exact) mass is 355 g/mol. The summed E-state index contributed by atoms with van der Waals surface area (Å²) in [6, 6.07) is 3.24. The van der Waals surface area contributed by atoms with Crippen LogP contribution in [0.2, 0.25) is 0 Å². The average Bonchev–Trinajstić information content (AvgIpc) is 3.30. The average molecular weight is 355 g/mol. The number of fused-ring (bicyclic) bond motifs is 1. The molecule has 0 atom stereocenters. The Bertz CT molecular complexity index is 1030. The van der Waals surface area contributed by atoms with E-state index in [0.717, 1.165) is 27.5 Å². The van der Waals surface area contributed by atoms with Gasteiger partial charge >= 0.3 is 0 Å². The van der Waals surface area contributed by atoms with E-state index in [0.29, 0.717) is 18.0 Å². The molecular formula is C18H18FN5S. The van der Waals surface area contributed by atoms with Crippen molar-refractivity contribution in [3.63, 3.8) is 0 Å². The minimum atomic E-state index is -0.279. The van der Waals surface area contributed by atoms with Crippen LogP contribution in [0.15, 0.2) is 36.2 Å². The highest BCUT2D eigenvalue weighted by molar-refractivity contribution is 7.09. The fourth-order valence-electron chi connectivity index (χ4n) is 2.99. The predicted octanol–water partition coefficient (Wildman–Crippen LogP) is 4.30. The summed E-state index contributed by atoms with van der Waals surface area (Å²) in [5, 5.41) is 8.49. The van der Waals surface area contributed by atoms with Crippen molar-refractivity contribution in [1.29, 1.82) is 0 Å². The number of halogens is 1. The molecule has 7 heteroatoms. The molecule has 4 rings (SSSR count). The topological polar surface area (TPSA) is 48.5 Å². The van der Waals surface area contributed by atoms with E-state index in [-0.39, 0.29) is 5.82 Å². The van der Waals surface area contributed by atoms with Crippen LogP contribution in [0, 0.1) is 12.7 Å². The summed E-state index contributed by atoms with van der Waals surface area (Å²) in [7, 11) is 0. The third-order valence-corrected chi connectivity index (χ3v) is 5.35. The number of benzene rings is 1. The van der Waals surface area contributed by atoms with Crippen molar-refractivity contribution in [2.45, 2.75) is 33.2 Å². The zero-order valence-electron chi connectivity index (χ0n) is 14.3. The van der Waals surface area contributed by atoms with Crippen LogP contribution in [-0.2, 0) is 6.54 Å². The molecule has 0 aliphatic carbocycles. The Kier molecular flexibility index (Phi) is 3.88. The molecule has 0 radical (unpaired) electrons. The molecule has 4 aromatic rings. The lowest BCUT2D eigenvalue weighted by molar-refractivity contribution is 0.612. The SMILES string of the molecule is Cc1nn(Cc2csc(C(C)C)n2)c2c(F)ccc(-n3ccnc3)c12. The molecule has 0 saturated heterocycles. The van der Waals surface area contributed by atoms with Crippen LogP contribution in [0.3, 0.4) is 0 Å². The molecule has 5 nitrogen and oxygen atoms in total. The lowest BCUT2D eigenvalue weighted by atomic mass is 10.1. The standard InChI is InChI=1S/C18H18FN5S/c1-11(2)18-21-13(9-25-18)8-24-17-14(19)4-5-15(16(17)12(3)22-24)23-7-6-20-10-23/h4-7,9-11H,8H2,1-3H3. The van der Waals surface area contributed by atoms with Crippen molar-refractivity contribution in [2.24, 2.45) is 0 Å². The van der Waals surface area contributed by atoms with E-state index in [1.807, 2.05) is 23.1 Å². The zero-order valence-corrected chi connectivity index (χ0v) is 15.1. The van der Waals surface area contributed by atoms with Gasteiger partial charge in [-0.2, -0.15) is 5.10 Å². The summed E-state index contributed by atoms with van der Waals surface area (Å²) in [5.41, 5.74) is 3.07. The first kappa shape index (κ1) is 16.0. The summed E-state index contributed by atoms with van der Waals surface area (Å²) in [6.45, 7) is 6.59. The van der Waals surface area contributed by atoms with Crippen LogP contribution in [0.1, 0.15) is 36.2 Å². The van der Waals surface area contributed by atoms with Crippen LogP contribution in [0.25, 0.3) is 16.6 Å². The van der Waals surface area contributed by atoms with Gasteiger partial charge in [-0.1, -0.05) is 13.8 Å². The number of aromatic nitrogens is 5. The van der Waals surface area contributed by atoms with Crippen molar-refractivity contribution >= 4 is 22.2 Å². The van der Waals surface area contributed by atoms with Gasteiger partial charge in [-0.25, -0.2) is 14.4 Å². The first-order valence-corrected chi connectivity index (χ1v) is 9.01. The molecule has 0 aliphatic rings. The summed E-state index contributed by atoms with van der Waals surface area (Å²) >= 11 is 1.64. The molecule has 0 N–H and O–H groups in total. The molecule has 0 bridgehead atoms. The van der Waals surface area contributed by atoms with E-state index in [2.05, 4.69) is 28.9 Å². The molecule has 128 valence electrons. The Labute approximate surface area is 148 Å². The van der Waals surface area contributed by atoms with Crippen molar-refractivity contribution in [1.82, 2.24) is 24.3 Å². The van der Waals surface area contributed by atoms with E-state index < -0.39 is 0 Å². The highest BCUT2D eigenvalue weighted by atomic mass is 32.1. The van der Waals surface area contributed by atoms with Crippen LogP contribution < -0.4 is 0 Å². The fourth-order valence-corrected chi connectivity index (χ4v) is 3.82. The minimum absolute atomic E-state index is 0.279. The third kappa shape index (κ3) is 2.74. The molecule has 1 aromatic carbocycles. The van der Waals surface area contributed by atoms with Crippen molar-refractivity contribution < 1.29 is 4.39 Å². The van der Waals surface area contributed by atoms with E-state index in [1.165, 1.54) is 6.07 Å². The Morgan fingerprint density at radius 1 is 1.28 bits per heavy atom. The molecule has 0 fully saturated rings. The van der Waals surface area contributed by atoms with Crippen molar-refractivity contribution in [3.8, 4) is 5.69 Å². The van der Waals surface area contributed by atoms with Gasteiger partial charge in [0.1, 0.15) is 11.3 Å². The molecule has 3 aromatic heterocycles. The van der Waals surface area contributed by atoms with E-state index in [4.69, 9.17) is 0 Å². The summed E-state index contributed by atoms with van der Waals surface area (Å²) in [5.74, 6) is 0.109. The van der Waals surface area contributed by atoms with Crippen LogP contribution in [0.5, 0.6) is 0 Å². The predicted molar refractivity (Wildman–Crippen MR) is 96.9 cm³/mol. The first-order chi connectivity index (χ1) is 12.0. The fraction of sp³-hybridized carbons (Fsp3) is 0.278. The number of hydrogen-bond acceptors (Lipinski definition) is 4. The normalized spacial score (nSPS) is 11.7. The quantitative estimate of drug-likeness (QED) is 0.548. The summed E-state index contributed by atoms with van der Waals surface area (Å²) in [4.78, 5) is 8.73. The molecule has 0 saturated carbocycles. The first-order valence-electron chi connectivity index (χ1n) is 8.13. The smallest absolute Gasteiger partial charge is 0.149 e. The Morgan fingerprint density at radius 2 is 2.12 bits per heavy atom. The van der Waals surface area contributed by atoms with Gasteiger partial charge in [-0.3, -0.25) is 4.68 Å². The molecule has 0 unspecified atom stereocenters. The van der Waals surface area contributed by atoms with Gasteiger partial charge in [-0.15, -0.1) is 11.3 Å². The van der Waals surface area contributed by atoms with Gasteiger partial charge in [-0.05, 0) is 19.1 Å². The molecule has 0 amide bonds. The second-order valence-corrected chi connectivity index (χ2v) is 7.22. The Balaban J connectivity index is 1.83. The minimum Gasteiger partial charge on any atom is -0.306 e. The van der Waals surface area contributed by atoms with Gasteiger partial charge in [0.15, 0.2) is 0 Å². The highest BCUT2D eigenvalue weighted by Gasteiger charge is 2.18. The van der Waals surface area contributed by atoms with Crippen LogP contribution >= 0.6 is 11.3 Å². The highest BCUT2D eigenvalue weighted by Crippen LogP contribution is 2.29. The van der Waals surface area contributed by atoms with Gasteiger partial charge < -0.3 is 4.57 Å². The van der Waals surface area contributed by atoms with Crippen LogP contribution in [0.4, 0.5) is 4.39 Å². The van der Waals surface area contributed by atoms with Gasteiger partial charge in [0, 0.05) is 29.1 Å². The Hall–Kier alpha value is -2.54. The molecular weight excluding hydrogens is 337 g/mol. The number of aryl methyl sites for hydroxylation is 1. The number of hydrogen-bond donors (Lipinski definition) is 0. The number of rotatable bonds is 4.